The second-order valence-electron chi connectivity index (χ2n) is 4.94. The van der Waals surface area contributed by atoms with Gasteiger partial charge in [-0.3, -0.25) is 9.69 Å². The molecular formula is C13H25N3O3. The summed E-state index contributed by atoms with van der Waals surface area (Å²) in [6.07, 6.45) is 3.04. The van der Waals surface area contributed by atoms with Crippen molar-refractivity contribution in [2.24, 2.45) is 5.92 Å². The molecule has 0 aromatic heterocycles. The molecule has 6 nitrogen and oxygen atoms in total. The van der Waals surface area contributed by atoms with Crippen LogP contribution in [0.3, 0.4) is 0 Å². The minimum absolute atomic E-state index is 0.178. The molecule has 0 spiro atoms. The van der Waals surface area contributed by atoms with Crippen molar-refractivity contribution >= 4 is 12.0 Å². The number of rotatable bonds is 9. The Morgan fingerprint density at radius 3 is 2.47 bits per heavy atom. The number of aliphatic carboxylic acids is 1. The van der Waals surface area contributed by atoms with Crippen molar-refractivity contribution < 1.29 is 14.7 Å². The van der Waals surface area contributed by atoms with Crippen molar-refractivity contribution in [1.29, 1.82) is 0 Å². The molecule has 0 saturated heterocycles. The van der Waals surface area contributed by atoms with E-state index in [4.69, 9.17) is 5.11 Å². The average molecular weight is 271 g/mol. The van der Waals surface area contributed by atoms with Crippen LogP contribution in [0.25, 0.3) is 0 Å². The van der Waals surface area contributed by atoms with Crippen molar-refractivity contribution in [2.45, 2.75) is 39.2 Å². The van der Waals surface area contributed by atoms with Crippen LogP contribution in [0.1, 0.15) is 33.1 Å². The van der Waals surface area contributed by atoms with Crippen molar-refractivity contribution in [1.82, 2.24) is 15.5 Å². The molecule has 1 aliphatic carbocycles. The van der Waals surface area contributed by atoms with Crippen molar-refractivity contribution in [3.8, 4) is 0 Å². The maximum absolute atomic E-state index is 11.5. The summed E-state index contributed by atoms with van der Waals surface area (Å²) >= 11 is 0. The Kier molecular flexibility index (Phi) is 6.62. The van der Waals surface area contributed by atoms with E-state index in [9.17, 15) is 9.59 Å². The van der Waals surface area contributed by atoms with E-state index in [2.05, 4.69) is 22.5 Å². The van der Waals surface area contributed by atoms with Gasteiger partial charge in [-0.15, -0.1) is 0 Å². The van der Waals surface area contributed by atoms with E-state index in [1.165, 1.54) is 12.8 Å². The molecule has 2 amide bonds. The molecule has 0 radical (unpaired) electrons. The van der Waals surface area contributed by atoms with Gasteiger partial charge in [0.15, 0.2) is 0 Å². The Balaban J connectivity index is 2.11. The van der Waals surface area contributed by atoms with Gasteiger partial charge < -0.3 is 15.7 Å². The van der Waals surface area contributed by atoms with Gasteiger partial charge in [0.1, 0.15) is 0 Å². The maximum atomic E-state index is 11.5. The van der Waals surface area contributed by atoms with Crippen LogP contribution in [0.5, 0.6) is 0 Å². The van der Waals surface area contributed by atoms with Gasteiger partial charge in [0, 0.05) is 25.7 Å². The van der Waals surface area contributed by atoms with Crippen LogP contribution in [0.2, 0.25) is 0 Å². The number of hydrogen-bond acceptors (Lipinski definition) is 3. The molecule has 0 aliphatic heterocycles. The van der Waals surface area contributed by atoms with E-state index < -0.39 is 11.9 Å². The first-order chi connectivity index (χ1) is 9.08. The highest BCUT2D eigenvalue weighted by Crippen LogP contribution is 2.25. The van der Waals surface area contributed by atoms with Crippen molar-refractivity contribution in [3.63, 3.8) is 0 Å². The molecule has 1 unspecified atom stereocenters. The quantitative estimate of drug-likeness (QED) is 0.581. The zero-order chi connectivity index (χ0) is 14.3. The van der Waals surface area contributed by atoms with Crippen LogP contribution < -0.4 is 10.6 Å². The molecular weight excluding hydrogens is 246 g/mol. The highest BCUT2D eigenvalue weighted by Gasteiger charge is 2.27. The minimum Gasteiger partial charge on any atom is -0.481 e. The molecule has 19 heavy (non-hydrogen) atoms. The Labute approximate surface area is 114 Å². The number of hydrogen-bond donors (Lipinski definition) is 3. The van der Waals surface area contributed by atoms with Crippen molar-refractivity contribution in [2.75, 3.05) is 26.2 Å². The largest absolute Gasteiger partial charge is 0.481 e. The Bertz CT molecular complexity index is 306. The number of carbonyl (C=O) groups is 2. The standard InChI is InChI=1S/C13H25N3O3/c1-3-10(12(17)18)9-15-13(19)14-7-8-16(4-2)11-5-6-11/h10-11H,3-9H2,1-2H3,(H,17,18)(H2,14,15,19). The monoisotopic (exact) mass is 271 g/mol. The number of carbonyl (C=O) groups excluding carboxylic acids is 1. The minimum atomic E-state index is -0.867. The highest BCUT2D eigenvalue weighted by atomic mass is 16.4. The summed E-state index contributed by atoms with van der Waals surface area (Å²) in [7, 11) is 0. The third-order valence-electron chi connectivity index (χ3n) is 3.51. The lowest BCUT2D eigenvalue weighted by atomic mass is 10.1. The fraction of sp³-hybridized carbons (Fsp3) is 0.846. The second-order valence-corrected chi connectivity index (χ2v) is 4.94. The normalized spacial score (nSPS) is 16.2. The van der Waals surface area contributed by atoms with Gasteiger partial charge in [-0.25, -0.2) is 4.79 Å². The fourth-order valence-corrected chi connectivity index (χ4v) is 2.04. The molecule has 1 aliphatic rings. The van der Waals surface area contributed by atoms with E-state index in [1.807, 2.05) is 0 Å². The summed E-state index contributed by atoms with van der Waals surface area (Å²) in [5.41, 5.74) is 0. The highest BCUT2D eigenvalue weighted by molar-refractivity contribution is 5.75. The van der Waals surface area contributed by atoms with E-state index in [1.54, 1.807) is 6.92 Å². The molecule has 1 atom stereocenters. The molecule has 0 heterocycles. The molecule has 0 bridgehead atoms. The van der Waals surface area contributed by atoms with Gasteiger partial charge >= 0.3 is 12.0 Å². The van der Waals surface area contributed by atoms with Gasteiger partial charge in [-0.1, -0.05) is 13.8 Å². The van der Waals surface area contributed by atoms with E-state index >= 15 is 0 Å². The molecule has 1 rings (SSSR count). The number of carboxylic acid groups (broad SMARTS) is 1. The first-order valence-electron chi connectivity index (χ1n) is 7.07. The number of urea groups is 1. The predicted octanol–water partition coefficient (Wildman–Crippen LogP) is 0.881. The number of carboxylic acids is 1. The first-order valence-corrected chi connectivity index (χ1v) is 7.07. The lowest BCUT2D eigenvalue weighted by Crippen LogP contribution is -2.43. The Morgan fingerprint density at radius 2 is 2.00 bits per heavy atom. The van der Waals surface area contributed by atoms with Crippen molar-refractivity contribution in [3.05, 3.63) is 0 Å². The van der Waals surface area contributed by atoms with E-state index in [0.717, 1.165) is 13.1 Å². The predicted molar refractivity (Wildman–Crippen MR) is 73.1 cm³/mol. The number of amides is 2. The second kappa shape index (κ2) is 7.99. The van der Waals surface area contributed by atoms with E-state index in [0.29, 0.717) is 19.0 Å². The van der Waals surface area contributed by atoms with Crippen LogP contribution in [-0.4, -0.2) is 54.2 Å². The van der Waals surface area contributed by atoms with Crippen LogP contribution in [0.4, 0.5) is 4.79 Å². The molecule has 6 heteroatoms. The van der Waals surface area contributed by atoms with Gasteiger partial charge in [-0.2, -0.15) is 0 Å². The summed E-state index contributed by atoms with van der Waals surface area (Å²) in [6.45, 7) is 6.55. The number of nitrogens with zero attached hydrogens (tertiary/aromatic N) is 1. The molecule has 3 N–H and O–H groups in total. The molecule has 1 fully saturated rings. The summed E-state index contributed by atoms with van der Waals surface area (Å²) in [6, 6.07) is 0.415. The smallest absolute Gasteiger partial charge is 0.314 e. The fourth-order valence-electron chi connectivity index (χ4n) is 2.04. The third kappa shape index (κ3) is 5.92. The zero-order valence-corrected chi connectivity index (χ0v) is 11.8. The van der Waals surface area contributed by atoms with Gasteiger partial charge in [0.05, 0.1) is 5.92 Å². The Morgan fingerprint density at radius 1 is 1.32 bits per heavy atom. The van der Waals surface area contributed by atoms with Gasteiger partial charge in [0.2, 0.25) is 0 Å². The zero-order valence-electron chi connectivity index (χ0n) is 11.8. The Hall–Kier alpha value is -1.30. The number of nitrogens with one attached hydrogen (secondary N) is 2. The SMILES string of the molecule is CCC(CNC(=O)NCCN(CC)C1CC1)C(=O)O. The summed E-state index contributed by atoms with van der Waals surface area (Å²) in [5, 5.41) is 14.2. The van der Waals surface area contributed by atoms with Crippen LogP contribution >= 0.6 is 0 Å². The molecule has 1 saturated carbocycles. The molecule has 110 valence electrons. The lowest BCUT2D eigenvalue weighted by molar-refractivity contribution is -0.141. The molecule has 0 aromatic rings. The van der Waals surface area contributed by atoms with E-state index in [-0.39, 0.29) is 12.6 Å². The van der Waals surface area contributed by atoms with Crippen LogP contribution in [0, 0.1) is 5.92 Å². The summed E-state index contributed by atoms with van der Waals surface area (Å²) in [4.78, 5) is 24.6. The summed E-state index contributed by atoms with van der Waals surface area (Å²) in [5.74, 6) is -1.38. The topological polar surface area (TPSA) is 81.7 Å². The number of likely N-dealkylation sites (N-methyl/N-ethyl adjacent to an activating group) is 1. The van der Waals surface area contributed by atoms with Crippen LogP contribution in [-0.2, 0) is 4.79 Å². The lowest BCUT2D eigenvalue weighted by Gasteiger charge is -2.20. The third-order valence-corrected chi connectivity index (χ3v) is 3.51. The van der Waals surface area contributed by atoms with Gasteiger partial charge in [-0.05, 0) is 25.8 Å². The average Bonchev–Trinajstić information content (AvgIpc) is 3.19. The first kappa shape index (κ1) is 15.8. The maximum Gasteiger partial charge on any atom is 0.314 e. The van der Waals surface area contributed by atoms with Gasteiger partial charge in [0.25, 0.3) is 0 Å². The van der Waals surface area contributed by atoms with Crippen LogP contribution in [0.15, 0.2) is 0 Å². The molecule has 0 aromatic carbocycles. The summed E-state index contributed by atoms with van der Waals surface area (Å²) < 4.78 is 0.